The second kappa shape index (κ2) is 5.01. The predicted octanol–water partition coefficient (Wildman–Crippen LogP) is 2.26. The van der Waals surface area contributed by atoms with Gasteiger partial charge in [0.1, 0.15) is 5.82 Å². The lowest BCUT2D eigenvalue weighted by atomic mass is 10.1. The van der Waals surface area contributed by atoms with Gasteiger partial charge in [0.15, 0.2) is 0 Å². The van der Waals surface area contributed by atoms with Crippen LogP contribution in [0.25, 0.3) is 5.69 Å². The van der Waals surface area contributed by atoms with Gasteiger partial charge in [-0.1, -0.05) is 34.8 Å². The van der Waals surface area contributed by atoms with Crippen LogP contribution in [0.15, 0.2) is 23.0 Å². The molecule has 1 aromatic heterocycles. The molecule has 9 heteroatoms. The Hall–Kier alpha value is -2.02. The van der Waals surface area contributed by atoms with Crippen LogP contribution in [0.2, 0.25) is 15.1 Å². The fourth-order valence-corrected chi connectivity index (χ4v) is 2.83. The molecule has 0 radical (unpaired) electrons. The Labute approximate surface area is 138 Å². The number of halogens is 3. The Morgan fingerprint density at radius 2 is 1.68 bits per heavy atom. The van der Waals surface area contributed by atoms with E-state index in [0.29, 0.717) is 0 Å². The van der Waals surface area contributed by atoms with Gasteiger partial charge in [-0.05, 0) is 12.1 Å². The average molecular weight is 359 g/mol. The minimum atomic E-state index is -0.678. The third kappa shape index (κ3) is 1.99. The van der Waals surface area contributed by atoms with Crippen LogP contribution in [-0.4, -0.2) is 16.4 Å². The monoisotopic (exact) mass is 357 g/mol. The first-order valence-electron chi connectivity index (χ1n) is 5.88. The summed E-state index contributed by atoms with van der Waals surface area (Å²) in [5.41, 5.74) is 5.28. The van der Waals surface area contributed by atoms with Crippen LogP contribution < -0.4 is 16.6 Å². The van der Waals surface area contributed by atoms with Crippen LogP contribution in [0.3, 0.4) is 0 Å². The number of nitrogens with two attached hydrogens (primary N) is 1. The molecule has 3 N–H and O–H groups in total. The Balaban J connectivity index is 2.38. The van der Waals surface area contributed by atoms with E-state index in [4.69, 9.17) is 40.5 Å². The van der Waals surface area contributed by atoms with Crippen molar-refractivity contribution in [1.82, 2.24) is 9.88 Å². The van der Waals surface area contributed by atoms with E-state index in [1.54, 1.807) is 0 Å². The predicted molar refractivity (Wildman–Crippen MR) is 83.3 cm³/mol. The number of imide groups is 1. The molecule has 3 rings (SSSR count). The smallest absolute Gasteiger partial charge is 0.262 e. The lowest BCUT2D eigenvalue weighted by Crippen LogP contribution is -2.24. The van der Waals surface area contributed by atoms with Gasteiger partial charge in [0.05, 0.1) is 31.9 Å². The van der Waals surface area contributed by atoms with Gasteiger partial charge in [-0.25, -0.2) is 0 Å². The molecule has 0 aliphatic carbocycles. The minimum Gasteiger partial charge on any atom is -0.384 e. The van der Waals surface area contributed by atoms with Crippen molar-refractivity contribution in [3.8, 4) is 5.69 Å². The molecule has 2 aromatic rings. The lowest BCUT2D eigenvalue weighted by Gasteiger charge is -2.14. The second-order valence-electron chi connectivity index (χ2n) is 4.47. The number of carbonyl (C=O) groups excluding carboxylic acids is 2. The summed E-state index contributed by atoms with van der Waals surface area (Å²) in [6, 6.07) is 3.90. The molecule has 112 valence electrons. The van der Waals surface area contributed by atoms with Crippen molar-refractivity contribution >= 4 is 52.4 Å². The van der Waals surface area contributed by atoms with E-state index in [1.807, 2.05) is 0 Å². The van der Waals surface area contributed by atoms with E-state index >= 15 is 0 Å². The zero-order valence-corrected chi connectivity index (χ0v) is 12.9. The summed E-state index contributed by atoms with van der Waals surface area (Å²) in [6.07, 6.45) is 0. The van der Waals surface area contributed by atoms with Crippen molar-refractivity contribution in [2.75, 3.05) is 5.73 Å². The topological polar surface area (TPSA) is 94.2 Å². The maximum absolute atomic E-state index is 12.3. The molecule has 0 fully saturated rings. The Bertz CT molecular complexity index is 921. The number of amides is 2. The maximum Gasteiger partial charge on any atom is 0.262 e. The first-order chi connectivity index (χ1) is 10.3. The number of carbonyl (C=O) groups is 2. The van der Waals surface area contributed by atoms with Crippen LogP contribution in [-0.2, 0) is 0 Å². The van der Waals surface area contributed by atoms with Crippen molar-refractivity contribution < 1.29 is 9.59 Å². The molecule has 6 nitrogen and oxygen atoms in total. The lowest BCUT2D eigenvalue weighted by molar-refractivity contribution is 0.0880. The van der Waals surface area contributed by atoms with Crippen molar-refractivity contribution in [3.05, 3.63) is 54.7 Å². The van der Waals surface area contributed by atoms with Gasteiger partial charge in [-0.15, -0.1) is 0 Å². The van der Waals surface area contributed by atoms with Crippen LogP contribution in [0.5, 0.6) is 0 Å². The number of rotatable bonds is 1. The molecule has 1 aliphatic heterocycles. The Morgan fingerprint density at radius 1 is 1.00 bits per heavy atom. The number of nitrogens with zero attached hydrogens (tertiary/aromatic N) is 1. The van der Waals surface area contributed by atoms with E-state index in [2.05, 4.69) is 5.32 Å². The number of nitrogen functional groups attached to an aromatic ring is 1. The fraction of sp³-hybridized carbons (Fsp3) is 0. The van der Waals surface area contributed by atoms with Crippen LogP contribution >= 0.6 is 34.8 Å². The summed E-state index contributed by atoms with van der Waals surface area (Å²) in [6.45, 7) is 0. The molecule has 1 aromatic carbocycles. The Morgan fingerprint density at radius 3 is 2.36 bits per heavy atom. The molecule has 0 bridgehead atoms. The van der Waals surface area contributed by atoms with Gasteiger partial charge < -0.3 is 5.73 Å². The van der Waals surface area contributed by atoms with Crippen LogP contribution in [0.4, 0.5) is 5.82 Å². The molecule has 2 amide bonds. The maximum atomic E-state index is 12.3. The van der Waals surface area contributed by atoms with Crippen molar-refractivity contribution in [2.24, 2.45) is 0 Å². The quantitative estimate of drug-likeness (QED) is 0.604. The zero-order valence-electron chi connectivity index (χ0n) is 10.6. The highest BCUT2D eigenvalue weighted by Crippen LogP contribution is 2.35. The SMILES string of the molecule is Nc1c2c(cc(=O)n1-c1ccc(Cl)c(Cl)c1Cl)C(=O)NC2=O. The summed E-state index contributed by atoms with van der Waals surface area (Å²) in [5.74, 6) is -1.55. The van der Waals surface area contributed by atoms with Crippen LogP contribution in [0.1, 0.15) is 20.7 Å². The first kappa shape index (κ1) is 14.9. The largest absolute Gasteiger partial charge is 0.384 e. The van der Waals surface area contributed by atoms with Gasteiger partial charge in [0.25, 0.3) is 17.4 Å². The molecule has 0 saturated carbocycles. The number of benzene rings is 1. The normalized spacial score (nSPS) is 13.2. The molecular weight excluding hydrogens is 353 g/mol. The number of pyridine rings is 1. The van der Waals surface area contributed by atoms with Gasteiger partial charge in [-0.3, -0.25) is 24.3 Å². The fourth-order valence-electron chi connectivity index (χ4n) is 2.22. The zero-order chi connectivity index (χ0) is 16.2. The van der Waals surface area contributed by atoms with E-state index in [9.17, 15) is 14.4 Å². The highest BCUT2D eigenvalue weighted by molar-refractivity contribution is 6.48. The minimum absolute atomic E-state index is 0.00708. The molecule has 22 heavy (non-hydrogen) atoms. The number of aromatic nitrogens is 1. The van der Waals surface area contributed by atoms with Crippen molar-refractivity contribution in [3.63, 3.8) is 0 Å². The molecule has 0 unspecified atom stereocenters. The van der Waals surface area contributed by atoms with E-state index in [0.717, 1.165) is 10.6 Å². The van der Waals surface area contributed by atoms with Crippen molar-refractivity contribution in [2.45, 2.75) is 0 Å². The highest BCUT2D eigenvalue weighted by atomic mass is 35.5. The van der Waals surface area contributed by atoms with E-state index in [1.165, 1.54) is 12.1 Å². The number of anilines is 1. The summed E-state index contributed by atoms with van der Waals surface area (Å²) in [4.78, 5) is 35.6. The second-order valence-corrected chi connectivity index (χ2v) is 5.63. The summed E-state index contributed by atoms with van der Waals surface area (Å²) in [5, 5.41) is 2.33. The van der Waals surface area contributed by atoms with Gasteiger partial charge in [0.2, 0.25) is 0 Å². The molecule has 2 heterocycles. The van der Waals surface area contributed by atoms with Crippen molar-refractivity contribution in [1.29, 1.82) is 0 Å². The number of fused-ring (bicyclic) bond motifs is 1. The molecule has 0 atom stereocenters. The molecular formula is C13H6Cl3N3O3. The number of hydrogen-bond donors (Lipinski definition) is 2. The summed E-state index contributed by atoms with van der Waals surface area (Å²) < 4.78 is 1.00. The summed E-state index contributed by atoms with van der Waals surface area (Å²) in [7, 11) is 0. The van der Waals surface area contributed by atoms with E-state index in [-0.39, 0.29) is 37.7 Å². The third-order valence-electron chi connectivity index (χ3n) is 3.21. The first-order valence-corrected chi connectivity index (χ1v) is 7.01. The third-order valence-corrected chi connectivity index (χ3v) is 4.49. The Kier molecular flexibility index (Phi) is 3.40. The molecule has 0 spiro atoms. The number of hydrogen-bond acceptors (Lipinski definition) is 4. The van der Waals surface area contributed by atoms with Gasteiger partial charge in [-0.2, -0.15) is 0 Å². The van der Waals surface area contributed by atoms with Gasteiger partial charge in [0, 0.05) is 6.07 Å². The standard InChI is InChI=1S/C13H6Cl3N3O3/c14-5-1-2-6(10(16)9(5)15)19-7(20)3-4-8(11(19)17)13(22)18-12(4)21/h1-3H,17H2,(H,18,21,22). The molecule has 0 saturated heterocycles. The number of nitrogens with one attached hydrogen (secondary N) is 1. The van der Waals surface area contributed by atoms with Gasteiger partial charge >= 0.3 is 0 Å². The molecule has 1 aliphatic rings. The highest BCUT2D eigenvalue weighted by Gasteiger charge is 2.32. The average Bonchev–Trinajstić information content (AvgIpc) is 2.73. The summed E-state index contributed by atoms with van der Waals surface area (Å²) >= 11 is 17.9. The van der Waals surface area contributed by atoms with E-state index < -0.39 is 17.4 Å². The van der Waals surface area contributed by atoms with Crippen LogP contribution in [0, 0.1) is 0 Å².